The normalized spacial score (nSPS) is 13.7. The Labute approximate surface area is 129 Å². The SMILES string of the molecule is CCNC(c1cccc(F)c1)C(CC)(CC)N(CC)CC. The van der Waals surface area contributed by atoms with E-state index in [9.17, 15) is 4.39 Å². The molecular formula is C18H31FN2. The second kappa shape index (κ2) is 8.50. The summed E-state index contributed by atoms with van der Waals surface area (Å²) in [6, 6.07) is 7.20. The molecule has 1 unspecified atom stereocenters. The third kappa shape index (κ3) is 3.83. The fourth-order valence-corrected chi connectivity index (χ4v) is 3.65. The Morgan fingerprint density at radius 2 is 1.71 bits per heavy atom. The third-order valence-electron chi connectivity index (χ3n) is 4.75. The number of nitrogens with zero attached hydrogens (tertiary/aromatic N) is 1. The minimum atomic E-state index is -0.156. The zero-order valence-electron chi connectivity index (χ0n) is 14.2. The van der Waals surface area contributed by atoms with Crippen LogP contribution >= 0.6 is 0 Å². The van der Waals surface area contributed by atoms with Crippen molar-refractivity contribution in [3.05, 3.63) is 35.6 Å². The van der Waals surface area contributed by atoms with E-state index in [1.54, 1.807) is 6.07 Å². The van der Waals surface area contributed by atoms with Crippen LogP contribution in [-0.4, -0.2) is 30.1 Å². The van der Waals surface area contributed by atoms with Crippen molar-refractivity contribution in [1.82, 2.24) is 10.2 Å². The molecule has 1 rings (SSSR count). The summed E-state index contributed by atoms with van der Waals surface area (Å²) in [6.07, 6.45) is 2.08. The van der Waals surface area contributed by atoms with Crippen molar-refractivity contribution in [3.63, 3.8) is 0 Å². The molecule has 0 saturated carbocycles. The summed E-state index contributed by atoms with van der Waals surface area (Å²) >= 11 is 0. The van der Waals surface area contributed by atoms with Gasteiger partial charge in [0.1, 0.15) is 5.82 Å². The van der Waals surface area contributed by atoms with E-state index in [0.717, 1.165) is 38.0 Å². The van der Waals surface area contributed by atoms with Crippen LogP contribution in [0, 0.1) is 5.82 Å². The summed E-state index contributed by atoms with van der Waals surface area (Å²) in [5.41, 5.74) is 1.07. The molecule has 1 atom stereocenters. The predicted molar refractivity (Wildman–Crippen MR) is 89.1 cm³/mol. The van der Waals surface area contributed by atoms with Gasteiger partial charge in [0.15, 0.2) is 0 Å². The number of hydrogen-bond donors (Lipinski definition) is 1. The maximum absolute atomic E-state index is 13.7. The van der Waals surface area contributed by atoms with Gasteiger partial charge >= 0.3 is 0 Å². The minimum Gasteiger partial charge on any atom is -0.309 e. The van der Waals surface area contributed by atoms with Crippen LogP contribution in [0.3, 0.4) is 0 Å². The molecule has 1 aromatic rings. The molecule has 2 nitrogen and oxygen atoms in total. The number of hydrogen-bond acceptors (Lipinski definition) is 2. The maximum atomic E-state index is 13.7. The van der Waals surface area contributed by atoms with Crippen LogP contribution in [0.25, 0.3) is 0 Å². The van der Waals surface area contributed by atoms with Crippen LogP contribution in [0.5, 0.6) is 0 Å². The van der Waals surface area contributed by atoms with Crippen molar-refractivity contribution in [2.45, 2.75) is 59.0 Å². The maximum Gasteiger partial charge on any atom is 0.123 e. The van der Waals surface area contributed by atoms with E-state index in [1.165, 1.54) is 6.07 Å². The van der Waals surface area contributed by atoms with Crippen LogP contribution < -0.4 is 5.32 Å². The highest BCUT2D eigenvalue weighted by atomic mass is 19.1. The van der Waals surface area contributed by atoms with Gasteiger partial charge in [-0.25, -0.2) is 4.39 Å². The molecule has 0 spiro atoms. The van der Waals surface area contributed by atoms with Crippen molar-refractivity contribution < 1.29 is 4.39 Å². The zero-order chi connectivity index (χ0) is 15.9. The number of nitrogens with one attached hydrogen (secondary N) is 1. The van der Waals surface area contributed by atoms with E-state index in [2.05, 4.69) is 44.8 Å². The molecule has 1 aromatic carbocycles. The average Bonchev–Trinajstić information content (AvgIpc) is 2.51. The first kappa shape index (κ1) is 18.1. The lowest BCUT2D eigenvalue weighted by molar-refractivity contribution is 0.0492. The number of rotatable bonds is 9. The van der Waals surface area contributed by atoms with Gasteiger partial charge in [-0.15, -0.1) is 0 Å². The zero-order valence-corrected chi connectivity index (χ0v) is 14.2. The van der Waals surface area contributed by atoms with E-state index in [0.29, 0.717) is 0 Å². The summed E-state index contributed by atoms with van der Waals surface area (Å²) in [6.45, 7) is 13.9. The first-order valence-corrected chi connectivity index (χ1v) is 8.33. The molecule has 0 amide bonds. The Morgan fingerprint density at radius 1 is 1.10 bits per heavy atom. The molecule has 0 aliphatic heterocycles. The molecule has 0 radical (unpaired) electrons. The van der Waals surface area contributed by atoms with E-state index in [4.69, 9.17) is 0 Å². The van der Waals surface area contributed by atoms with Crippen LogP contribution in [0.2, 0.25) is 0 Å². The van der Waals surface area contributed by atoms with E-state index >= 15 is 0 Å². The fraction of sp³-hybridized carbons (Fsp3) is 0.667. The Bertz CT molecular complexity index is 411. The lowest BCUT2D eigenvalue weighted by Gasteiger charge is -2.48. The first-order chi connectivity index (χ1) is 10.1. The fourth-order valence-electron chi connectivity index (χ4n) is 3.65. The molecular weight excluding hydrogens is 263 g/mol. The Morgan fingerprint density at radius 3 is 2.14 bits per heavy atom. The van der Waals surface area contributed by atoms with Gasteiger partial charge in [-0.2, -0.15) is 0 Å². The third-order valence-corrected chi connectivity index (χ3v) is 4.75. The molecule has 0 aromatic heterocycles. The predicted octanol–water partition coefficient (Wildman–Crippen LogP) is 4.38. The molecule has 0 saturated heterocycles. The van der Waals surface area contributed by atoms with E-state index < -0.39 is 0 Å². The Balaban J connectivity index is 3.32. The van der Waals surface area contributed by atoms with Gasteiger partial charge in [0.25, 0.3) is 0 Å². The van der Waals surface area contributed by atoms with Crippen LogP contribution in [-0.2, 0) is 0 Å². The molecule has 120 valence electrons. The minimum absolute atomic E-state index is 0.0211. The van der Waals surface area contributed by atoms with Gasteiger partial charge in [0, 0.05) is 5.54 Å². The summed E-state index contributed by atoms with van der Waals surface area (Å²) in [5.74, 6) is -0.156. The lowest BCUT2D eigenvalue weighted by atomic mass is 9.79. The largest absolute Gasteiger partial charge is 0.309 e. The number of likely N-dealkylation sites (N-methyl/N-ethyl adjacent to an activating group) is 2. The van der Waals surface area contributed by atoms with Crippen LogP contribution in [0.1, 0.15) is 59.1 Å². The molecule has 0 aliphatic carbocycles. The standard InChI is InChI=1S/C18H31FN2/c1-6-18(7-2,21(9-4)10-5)17(20-8-3)15-12-11-13-16(19)14-15/h11-14,17,20H,6-10H2,1-5H3. The Kier molecular flexibility index (Phi) is 7.33. The monoisotopic (exact) mass is 294 g/mol. The van der Waals surface area contributed by atoms with Crippen molar-refractivity contribution in [1.29, 1.82) is 0 Å². The summed E-state index contributed by atoms with van der Waals surface area (Å²) in [5, 5.41) is 3.61. The summed E-state index contributed by atoms with van der Waals surface area (Å²) < 4.78 is 13.7. The lowest BCUT2D eigenvalue weighted by Crippen LogP contribution is -2.56. The Hall–Kier alpha value is -0.930. The highest BCUT2D eigenvalue weighted by Crippen LogP contribution is 2.37. The molecule has 3 heteroatoms. The molecule has 21 heavy (non-hydrogen) atoms. The van der Waals surface area contributed by atoms with E-state index in [1.807, 2.05) is 12.1 Å². The molecule has 1 N–H and O–H groups in total. The highest BCUT2D eigenvalue weighted by Gasteiger charge is 2.40. The van der Waals surface area contributed by atoms with E-state index in [-0.39, 0.29) is 17.4 Å². The van der Waals surface area contributed by atoms with Gasteiger partial charge in [-0.05, 0) is 50.2 Å². The number of benzene rings is 1. The van der Waals surface area contributed by atoms with Crippen molar-refractivity contribution in [2.24, 2.45) is 0 Å². The smallest absolute Gasteiger partial charge is 0.123 e. The van der Waals surface area contributed by atoms with Crippen molar-refractivity contribution >= 4 is 0 Å². The van der Waals surface area contributed by atoms with Crippen molar-refractivity contribution in [2.75, 3.05) is 19.6 Å². The van der Waals surface area contributed by atoms with Gasteiger partial charge in [0.05, 0.1) is 6.04 Å². The highest BCUT2D eigenvalue weighted by molar-refractivity contribution is 5.24. The van der Waals surface area contributed by atoms with Crippen LogP contribution in [0.4, 0.5) is 4.39 Å². The van der Waals surface area contributed by atoms with Gasteiger partial charge in [-0.1, -0.05) is 46.8 Å². The second-order valence-corrected chi connectivity index (χ2v) is 5.53. The van der Waals surface area contributed by atoms with Gasteiger partial charge < -0.3 is 5.32 Å². The van der Waals surface area contributed by atoms with Gasteiger partial charge in [-0.3, -0.25) is 4.90 Å². The summed E-state index contributed by atoms with van der Waals surface area (Å²) in [7, 11) is 0. The molecule has 0 aliphatic rings. The summed E-state index contributed by atoms with van der Waals surface area (Å²) in [4.78, 5) is 2.52. The van der Waals surface area contributed by atoms with Crippen LogP contribution in [0.15, 0.2) is 24.3 Å². The van der Waals surface area contributed by atoms with Crippen molar-refractivity contribution in [3.8, 4) is 0 Å². The molecule has 0 fully saturated rings. The second-order valence-electron chi connectivity index (χ2n) is 5.53. The van der Waals surface area contributed by atoms with Gasteiger partial charge in [0.2, 0.25) is 0 Å². The number of halogens is 1. The average molecular weight is 294 g/mol. The first-order valence-electron chi connectivity index (χ1n) is 8.33. The topological polar surface area (TPSA) is 15.3 Å². The quantitative estimate of drug-likeness (QED) is 0.727. The molecule has 0 heterocycles. The molecule has 0 bridgehead atoms.